The van der Waals surface area contributed by atoms with Gasteiger partial charge in [-0.2, -0.15) is 0 Å². The van der Waals surface area contributed by atoms with Crippen molar-refractivity contribution in [2.45, 2.75) is 83.3 Å². The van der Waals surface area contributed by atoms with Gasteiger partial charge in [0.2, 0.25) is 5.91 Å². The van der Waals surface area contributed by atoms with Gasteiger partial charge in [0.15, 0.2) is 5.78 Å². The molecule has 1 heterocycles. The first kappa shape index (κ1) is 38.4. The van der Waals surface area contributed by atoms with E-state index in [4.69, 9.17) is 0 Å². The second kappa shape index (κ2) is 25.8. The van der Waals surface area contributed by atoms with E-state index in [1.54, 1.807) is 46.1 Å². The van der Waals surface area contributed by atoms with Gasteiger partial charge in [0, 0.05) is 60.4 Å². The molecule has 0 fully saturated rings. The summed E-state index contributed by atoms with van der Waals surface area (Å²) in [4.78, 5) is 28.7. The number of carbonyl (C=O) groups excluding carboxylic acids is 2. The van der Waals surface area contributed by atoms with Crippen molar-refractivity contribution in [3.63, 3.8) is 0 Å². The Labute approximate surface area is 268 Å². The van der Waals surface area contributed by atoms with Gasteiger partial charge in [0.25, 0.3) is 0 Å². The van der Waals surface area contributed by atoms with Crippen LogP contribution in [-0.2, 0) is 4.79 Å². The fraction of sp³-hybridized carbons (Fsp3) is 0.472. The molecule has 1 amide bonds. The van der Waals surface area contributed by atoms with Crippen LogP contribution in [0.2, 0.25) is 0 Å². The van der Waals surface area contributed by atoms with E-state index in [1.165, 1.54) is 0 Å². The van der Waals surface area contributed by atoms with Gasteiger partial charge in [-0.15, -0.1) is 0 Å². The number of aliphatic hydroxyl groups excluding tert-OH is 1. The van der Waals surface area contributed by atoms with E-state index >= 15 is 0 Å². The zero-order chi connectivity index (χ0) is 31.4. The van der Waals surface area contributed by atoms with Crippen LogP contribution >= 0.6 is 21.6 Å². The normalized spacial score (nSPS) is 13.5. The summed E-state index contributed by atoms with van der Waals surface area (Å²) in [6.07, 6.45) is 36.7. The first-order valence-corrected chi connectivity index (χ1v) is 17.7. The lowest BCUT2D eigenvalue weighted by Crippen LogP contribution is -2.32. The number of amides is 1. The molecule has 0 aromatic carbocycles. The van der Waals surface area contributed by atoms with Gasteiger partial charge in [0.05, 0.1) is 0 Å². The summed E-state index contributed by atoms with van der Waals surface area (Å²) < 4.78 is -0.294. The van der Waals surface area contributed by atoms with Crippen LogP contribution in [0, 0.1) is 5.92 Å². The highest BCUT2D eigenvalue weighted by molar-refractivity contribution is 8.77. The predicted octanol–water partition coefficient (Wildman–Crippen LogP) is 9.02. The number of allylic oxidation sites excluding steroid dienone is 12. The molecule has 1 rings (SSSR count). The standard InChI is InChI=1S/C36H52N2O3S2/c1-4-5-6-7-8-9-10-11-12-13-14-15-16-17-18-19-20-21-22-25-35(41)38-27-28-42-43-36(2,3)33(31-39)29-34(40)32-24-23-26-37-30-32/h5-6,8-9,11-12,14-15,17-18,20-21,23-24,26,30,33,39H,4,7,10,13,16,19,22,25,27-29,31H2,1-3H3,(H,38,41)/b6-5-,9-8-,12-11-,15-14-,18-17-,21-20-/t33-/m1/s1. The zero-order valence-corrected chi connectivity index (χ0v) is 28.0. The topological polar surface area (TPSA) is 79.3 Å². The molecule has 1 aromatic heterocycles. The quantitative estimate of drug-likeness (QED) is 0.0517. The number of ketones is 1. The molecule has 43 heavy (non-hydrogen) atoms. The third-order valence-corrected chi connectivity index (χ3v) is 9.93. The van der Waals surface area contributed by atoms with Gasteiger partial charge >= 0.3 is 0 Å². The molecule has 0 saturated heterocycles. The number of hydrogen-bond acceptors (Lipinski definition) is 6. The average Bonchev–Trinajstić information content (AvgIpc) is 3.01. The maximum Gasteiger partial charge on any atom is 0.220 e. The van der Waals surface area contributed by atoms with E-state index in [0.29, 0.717) is 18.5 Å². The molecule has 0 aliphatic rings. The average molecular weight is 625 g/mol. The van der Waals surface area contributed by atoms with Crippen LogP contribution in [-0.4, -0.2) is 45.4 Å². The SMILES string of the molecule is CC/C=C\C/C=C\C/C=C\C/C=C\C/C=C\C/C=C\CCC(=O)NCCSSC(C)(C)[C@@H](CO)CC(=O)c1cccnc1. The minimum Gasteiger partial charge on any atom is -0.396 e. The molecule has 5 nitrogen and oxygen atoms in total. The molecule has 0 bridgehead atoms. The van der Waals surface area contributed by atoms with Crippen LogP contribution in [0.4, 0.5) is 0 Å². The third kappa shape index (κ3) is 20.9. The molecule has 1 atom stereocenters. The van der Waals surface area contributed by atoms with E-state index < -0.39 is 0 Å². The maximum absolute atomic E-state index is 12.6. The Morgan fingerprint density at radius 2 is 1.47 bits per heavy atom. The summed E-state index contributed by atoms with van der Waals surface area (Å²) in [7, 11) is 3.30. The Bertz CT molecular complexity index is 1060. The summed E-state index contributed by atoms with van der Waals surface area (Å²) in [6.45, 7) is 6.78. The smallest absolute Gasteiger partial charge is 0.220 e. The van der Waals surface area contributed by atoms with Crippen LogP contribution in [0.15, 0.2) is 97.4 Å². The Morgan fingerprint density at radius 1 is 0.907 bits per heavy atom. The molecule has 236 valence electrons. The molecule has 7 heteroatoms. The number of carbonyl (C=O) groups is 2. The largest absolute Gasteiger partial charge is 0.396 e. The highest BCUT2D eigenvalue weighted by Crippen LogP contribution is 2.42. The Hall–Kier alpha value is -2.61. The molecule has 0 unspecified atom stereocenters. The second-order valence-electron chi connectivity index (χ2n) is 10.6. The molecule has 2 N–H and O–H groups in total. The van der Waals surface area contributed by atoms with E-state index in [-0.39, 0.29) is 35.4 Å². The van der Waals surface area contributed by atoms with Crippen molar-refractivity contribution in [2.24, 2.45) is 5.92 Å². The summed E-state index contributed by atoms with van der Waals surface area (Å²) >= 11 is 0. The number of nitrogens with zero attached hydrogens (tertiary/aromatic N) is 1. The first-order valence-electron chi connectivity index (χ1n) is 15.4. The number of hydrogen-bond donors (Lipinski definition) is 2. The van der Waals surface area contributed by atoms with Crippen LogP contribution < -0.4 is 5.32 Å². The Kier molecular flexibility index (Phi) is 23.1. The van der Waals surface area contributed by atoms with Crippen molar-refractivity contribution in [3.8, 4) is 0 Å². The van der Waals surface area contributed by atoms with Crippen molar-refractivity contribution in [2.75, 3.05) is 18.9 Å². The molecule has 0 radical (unpaired) electrons. The number of rotatable bonds is 24. The minimum atomic E-state index is -0.294. The molecular formula is C36H52N2O3S2. The highest BCUT2D eigenvalue weighted by Gasteiger charge is 2.32. The molecule has 0 aliphatic heterocycles. The fourth-order valence-electron chi connectivity index (χ4n) is 3.84. The van der Waals surface area contributed by atoms with Gasteiger partial charge < -0.3 is 10.4 Å². The lowest BCUT2D eigenvalue weighted by atomic mass is 9.89. The number of aliphatic hydroxyl groups is 1. The van der Waals surface area contributed by atoms with Gasteiger partial charge in [-0.25, -0.2) is 0 Å². The summed E-state index contributed by atoms with van der Waals surface area (Å²) in [5.41, 5.74) is 0.570. The Morgan fingerprint density at radius 3 is 1.98 bits per heavy atom. The monoisotopic (exact) mass is 624 g/mol. The van der Waals surface area contributed by atoms with Gasteiger partial charge in [-0.3, -0.25) is 14.6 Å². The molecule has 1 aromatic rings. The lowest BCUT2D eigenvalue weighted by molar-refractivity contribution is -0.120. The van der Waals surface area contributed by atoms with Crippen LogP contribution in [0.1, 0.15) is 88.9 Å². The Balaban J connectivity index is 2.08. The molecular weight excluding hydrogens is 573 g/mol. The van der Waals surface area contributed by atoms with Crippen molar-refractivity contribution in [1.82, 2.24) is 10.3 Å². The van der Waals surface area contributed by atoms with Crippen molar-refractivity contribution in [3.05, 3.63) is 103 Å². The molecule has 0 saturated carbocycles. The van der Waals surface area contributed by atoms with Gasteiger partial charge in [0.1, 0.15) is 0 Å². The highest BCUT2D eigenvalue weighted by atomic mass is 33.1. The molecule has 0 spiro atoms. The predicted molar refractivity (Wildman–Crippen MR) is 188 cm³/mol. The van der Waals surface area contributed by atoms with Gasteiger partial charge in [-0.05, 0) is 70.9 Å². The second-order valence-corrected chi connectivity index (χ2v) is 13.6. The summed E-state index contributed by atoms with van der Waals surface area (Å²) in [6, 6.07) is 3.50. The number of nitrogens with one attached hydrogen (secondary N) is 1. The number of Topliss-reactive ketones (excluding diaryl/α,β-unsaturated/α-hetero) is 1. The van der Waals surface area contributed by atoms with Gasteiger partial charge in [-0.1, -0.05) is 101 Å². The molecule has 0 aliphatic carbocycles. The van der Waals surface area contributed by atoms with E-state index in [2.05, 4.69) is 90.1 Å². The number of aromatic nitrogens is 1. The maximum atomic E-state index is 12.6. The van der Waals surface area contributed by atoms with Crippen molar-refractivity contribution >= 4 is 33.3 Å². The van der Waals surface area contributed by atoms with Crippen LogP contribution in [0.3, 0.4) is 0 Å². The van der Waals surface area contributed by atoms with Crippen molar-refractivity contribution in [1.29, 1.82) is 0 Å². The summed E-state index contributed by atoms with van der Waals surface area (Å²) in [5.74, 6) is 0.632. The van der Waals surface area contributed by atoms with Crippen LogP contribution in [0.25, 0.3) is 0 Å². The summed E-state index contributed by atoms with van der Waals surface area (Å²) in [5, 5.41) is 12.9. The van der Waals surface area contributed by atoms with Crippen molar-refractivity contribution < 1.29 is 14.7 Å². The third-order valence-electron chi connectivity index (χ3n) is 6.53. The fourth-order valence-corrected chi connectivity index (χ4v) is 6.52. The van der Waals surface area contributed by atoms with E-state index in [1.807, 2.05) is 13.8 Å². The number of pyridine rings is 1. The van der Waals surface area contributed by atoms with E-state index in [0.717, 1.165) is 50.7 Å². The first-order chi connectivity index (χ1) is 20.9. The van der Waals surface area contributed by atoms with E-state index in [9.17, 15) is 14.7 Å². The lowest BCUT2D eigenvalue weighted by Gasteiger charge is -2.31. The zero-order valence-electron chi connectivity index (χ0n) is 26.3. The minimum absolute atomic E-state index is 0.00926. The van der Waals surface area contributed by atoms with Crippen LogP contribution in [0.5, 0.6) is 0 Å².